The highest BCUT2D eigenvalue weighted by molar-refractivity contribution is 9.10. The van der Waals surface area contributed by atoms with Crippen LogP contribution in [0.25, 0.3) is 0 Å². The molecule has 1 rings (SSSR count). The van der Waals surface area contributed by atoms with Gasteiger partial charge in [-0.25, -0.2) is 13.1 Å². The Balaban J connectivity index is 2.94. The fourth-order valence-corrected chi connectivity index (χ4v) is 3.41. The lowest BCUT2D eigenvalue weighted by Crippen LogP contribution is -2.34. The summed E-state index contributed by atoms with van der Waals surface area (Å²) in [6.07, 6.45) is -0.281. The van der Waals surface area contributed by atoms with E-state index in [1.807, 2.05) is 0 Å². The Morgan fingerprint density at radius 1 is 1.53 bits per heavy atom. The molecule has 0 saturated heterocycles. The SMILES string of the molecule is COc1ccc(S(=O)(=O)NC(C)CC(=O)O)cc1Br. The number of methoxy groups -OCH3 is 1. The molecular formula is C11H14BrNO5S. The largest absolute Gasteiger partial charge is 0.496 e. The quantitative estimate of drug-likeness (QED) is 0.811. The first-order chi connectivity index (χ1) is 8.76. The molecule has 0 spiro atoms. The van der Waals surface area contributed by atoms with Crippen LogP contribution in [0.3, 0.4) is 0 Å². The molecule has 19 heavy (non-hydrogen) atoms. The first kappa shape index (κ1) is 15.9. The zero-order valence-corrected chi connectivity index (χ0v) is 12.8. The smallest absolute Gasteiger partial charge is 0.304 e. The maximum atomic E-state index is 12.0. The highest BCUT2D eigenvalue weighted by Crippen LogP contribution is 2.27. The van der Waals surface area contributed by atoms with E-state index >= 15 is 0 Å². The number of rotatable bonds is 6. The zero-order chi connectivity index (χ0) is 14.6. The molecule has 1 aromatic carbocycles. The minimum atomic E-state index is -3.75. The van der Waals surface area contributed by atoms with Crippen LogP contribution in [0, 0.1) is 0 Å². The Morgan fingerprint density at radius 3 is 2.63 bits per heavy atom. The van der Waals surface area contributed by atoms with Crippen molar-refractivity contribution in [2.24, 2.45) is 0 Å². The monoisotopic (exact) mass is 351 g/mol. The minimum Gasteiger partial charge on any atom is -0.496 e. The molecule has 0 aliphatic heterocycles. The van der Waals surface area contributed by atoms with E-state index in [1.54, 1.807) is 0 Å². The second-order valence-corrected chi connectivity index (χ2v) is 6.48. The van der Waals surface area contributed by atoms with Crippen molar-refractivity contribution in [3.8, 4) is 5.75 Å². The van der Waals surface area contributed by atoms with E-state index < -0.39 is 22.0 Å². The molecule has 8 heteroatoms. The molecule has 1 aromatic rings. The van der Waals surface area contributed by atoms with Crippen LogP contribution in [0.1, 0.15) is 13.3 Å². The molecule has 0 aliphatic rings. The molecule has 0 amide bonds. The molecule has 1 atom stereocenters. The van der Waals surface area contributed by atoms with Gasteiger partial charge in [0.15, 0.2) is 0 Å². The lowest BCUT2D eigenvalue weighted by molar-refractivity contribution is -0.137. The van der Waals surface area contributed by atoms with Gasteiger partial charge in [-0.3, -0.25) is 4.79 Å². The number of aliphatic carboxylic acids is 1. The number of ether oxygens (including phenoxy) is 1. The van der Waals surface area contributed by atoms with Gasteiger partial charge in [0.25, 0.3) is 0 Å². The van der Waals surface area contributed by atoms with Crippen molar-refractivity contribution in [1.82, 2.24) is 4.72 Å². The number of benzene rings is 1. The lowest BCUT2D eigenvalue weighted by Gasteiger charge is -2.13. The van der Waals surface area contributed by atoms with Crippen molar-refractivity contribution in [3.05, 3.63) is 22.7 Å². The molecule has 0 saturated carbocycles. The van der Waals surface area contributed by atoms with Crippen LogP contribution < -0.4 is 9.46 Å². The van der Waals surface area contributed by atoms with E-state index in [-0.39, 0.29) is 11.3 Å². The predicted octanol–water partition coefficient (Wildman–Crippen LogP) is 1.60. The third-order valence-corrected chi connectivity index (χ3v) is 4.48. The van der Waals surface area contributed by atoms with E-state index in [4.69, 9.17) is 9.84 Å². The number of sulfonamides is 1. The first-order valence-electron chi connectivity index (χ1n) is 5.34. The summed E-state index contributed by atoms with van der Waals surface area (Å²) in [6.45, 7) is 1.49. The summed E-state index contributed by atoms with van der Waals surface area (Å²) in [5.41, 5.74) is 0. The van der Waals surface area contributed by atoms with Crippen LogP contribution in [-0.2, 0) is 14.8 Å². The topological polar surface area (TPSA) is 92.7 Å². The number of hydrogen-bond donors (Lipinski definition) is 2. The average molecular weight is 352 g/mol. The second kappa shape index (κ2) is 6.36. The van der Waals surface area contributed by atoms with Gasteiger partial charge in [0.2, 0.25) is 10.0 Å². The van der Waals surface area contributed by atoms with Crippen LogP contribution >= 0.6 is 15.9 Å². The number of carbonyl (C=O) groups is 1. The molecule has 1 unspecified atom stereocenters. The predicted molar refractivity (Wildman–Crippen MR) is 72.7 cm³/mol. The van der Waals surface area contributed by atoms with Crippen molar-refractivity contribution in [1.29, 1.82) is 0 Å². The third-order valence-electron chi connectivity index (χ3n) is 2.27. The fraction of sp³-hybridized carbons (Fsp3) is 0.364. The Labute approximate surface area is 120 Å². The van der Waals surface area contributed by atoms with E-state index in [0.29, 0.717) is 10.2 Å². The number of halogens is 1. The molecule has 0 bridgehead atoms. The van der Waals surface area contributed by atoms with Gasteiger partial charge in [0, 0.05) is 6.04 Å². The summed E-state index contributed by atoms with van der Waals surface area (Å²) < 4.78 is 31.8. The standard InChI is InChI=1S/C11H14BrNO5S/c1-7(5-11(14)15)13-19(16,17)8-3-4-10(18-2)9(12)6-8/h3-4,6-7,13H,5H2,1-2H3,(H,14,15). The molecule has 0 aromatic heterocycles. The van der Waals surface area contributed by atoms with Crippen molar-refractivity contribution in [3.63, 3.8) is 0 Å². The highest BCUT2D eigenvalue weighted by atomic mass is 79.9. The summed E-state index contributed by atoms with van der Waals surface area (Å²) in [6, 6.07) is 3.61. The van der Waals surface area contributed by atoms with Crippen molar-refractivity contribution in [2.75, 3.05) is 7.11 Å². The maximum absolute atomic E-state index is 12.0. The normalized spacial score (nSPS) is 13.0. The van der Waals surface area contributed by atoms with Gasteiger partial charge >= 0.3 is 5.97 Å². The Morgan fingerprint density at radius 2 is 2.16 bits per heavy atom. The first-order valence-corrected chi connectivity index (χ1v) is 7.61. The molecule has 0 heterocycles. The Kier molecular flexibility index (Phi) is 5.33. The maximum Gasteiger partial charge on any atom is 0.304 e. The summed E-state index contributed by atoms with van der Waals surface area (Å²) in [7, 11) is -2.28. The third kappa shape index (κ3) is 4.48. The van der Waals surface area contributed by atoms with Gasteiger partial charge in [-0.05, 0) is 41.1 Å². The number of hydrogen-bond acceptors (Lipinski definition) is 4. The number of nitrogens with one attached hydrogen (secondary N) is 1. The van der Waals surface area contributed by atoms with Gasteiger partial charge < -0.3 is 9.84 Å². The van der Waals surface area contributed by atoms with Gasteiger partial charge in [0.1, 0.15) is 5.75 Å². The minimum absolute atomic E-state index is 0.0393. The van der Waals surface area contributed by atoms with E-state index in [2.05, 4.69) is 20.7 Å². The summed E-state index contributed by atoms with van der Waals surface area (Å²) in [5.74, 6) is -0.552. The molecule has 2 N–H and O–H groups in total. The van der Waals surface area contributed by atoms with E-state index in [1.165, 1.54) is 32.2 Å². The van der Waals surface area contributed by atoms with E-state index in [0.717, 1.165) is 0 Å². The van der Waals surface area contributed by atoms with Crippen molar-refractivity contribution < 1.29 is 23.1 Å². The van der Waals surface area contributed by atoms with E-state index in [9.17, 15) is 13.2 Å². The van der Waals surface area contributed by atoms with Crippen LogP contribution in [0.4, 0.5) is 0 Å². The van der Waals surface area contributed by atoms with Gasteiger partial charge in [-0.15, -0.1) is 0 Å². The molecule has 0 aliphatic carbocycles. The van der Waals surface area contributed by atoms with Crippen molar-refractivity contribution in [2.45, 2.75) is 24.3 Å². The van der Waals surface area contributed by atoms with Gasteiger partial charge in [0.05, 0.1) is 22.9 Å². The van der Waals surface area contributed by atoms with Crippen LogP contribution in [0.5, 0.6) is 5.75 Å². The zero-order valence-electron chi connectivity index (χ0n) is 10.4. The number of carboxylic acid groups (broad SMARTS) is 1. The summed E-state index contributed by atoms with van der Waals surface area (Å²) in [5, 5.41) is 8.60. The van der Waals surface area contributed by atoms with Gasteiger partial charge in [-0.2, -0.15) is 0 Å². The highest BCUT2D eigenvalue weighted by Gasteiger charge is 2.20. The second-order valence-electron chi connectivity index (χ2n) is 3.92. The molecular weight excluding hydrogens is 338 g/mol. The Bertz CT molecular complexity index is 572. The average Bonchev–Trinajstić information content (AvgIpc) is 2.26. The van der Waals surface area contributed by atoms with Crippen LogP contribution in [0.2, 0.25) is 0 Å². The molecule has 0 fully saturated rings. The van der Waals surface area contributed by atoms with Crippen molar-refractivity contribution >= 4 is 31.9 Å². The molecule has 106 valence electrons. The summed E-state index contributed by atoms with van der Waals surface area (Å²) in [4.78, 5) is 10.6. The van der Waals surface area contributed by atoms with Crippen LogP contribution in [-0.4, -0.2) is 32.6 Å². The van der Waals surface area contributed by atoms with Gasteiger partial charge in [-0.1, -0.05) is 0 Å². The van der Waals surface area contributed by atoms with Crippen LogP contribution in [0.15, 0.2) is 27.6 Å². The number of carboxylic acids is 1. The lowest BCUT2D eigenvalue weighted by atomic mass is 10.3. The Hall–Kier alpha value is -1.12. The summed E-state index contributed by atoms with van der Waals surface area (Å²) >= 11 is 3.19. The molecule has 0 radical (unpaired) electrons. The fourth-order valence-electron chi connectivity index (χ4n) is 1.45. The molecule has 6 nitrogen and oxygen atoms in total.